The summed E-state index contributed by atoms with van der Waals surface area (Å²) in [5.74, 6) is -11.4. The number of aromatic nitrogens is 4. The number of aliphatic carboxylic acids is 6. The topological polar surface area (TPSA) is 315 Å². The first-order valence-electron chi connectivity index (χ1n) is 21.3. The molecule has 2 fully saturated rings. The number of carbonyl (C=O) groups is 6. The minimum atomic E-state index is -1.82. The number of para-hydroxylation sites is 2. The number of ether oxygens (including phenoxy) is 6. The van der Waals surface area contributed by atoms with Crippen molar-refractivity contribution in [1.82, 2.24) is 19.1 Å². The van der Waals surface area contributed by atoms with Crippen molar-refractivity contribution >= 4 is 82.2 Å². The van der Waals surface area contributed by atoms with Crippen molar-refractivity contribution in [3.63, 3.8) is 0 Å². The maximum atomic E-state index is 9.10. The standard InChI is InChI=1S/2C21H20Cl2N2O3.3C2H2O4/c2*1-15-4-2-3-5-20(15)26-11-17-12-27-21(28-17,13-25-9-8-24-14-25)18-7-6-16(22)10-19(18)23;3*3-1(4)2(5)6/h2*2-10,14,17H,11-13H2,1H3;3*(H,3,4)(H,5,6). The van der Waals surface area contributed by atoms with Gasteiger partial charge in [0.25, 0.3) is 0 Å². The van der Waals surface area contributed by atoms with Gasteiger partial charge in [-0.15, -0.1) is 0 Å². The molecule has 4 atom stereocenters. The van der Waals surface area contributed by atoms with Crippen LogP contribution in [0.25, 0.3) is 0 Å². The van der Waals surface area contributed by atoms with Crippen LogP contribution in [0.15, 0.2) is 122 Å². The molecule has 0 saturated carbocycles. The zero-order valence-corrected chi connectivity index (χ0v) is 41.9. The molecule has 2 aliphatic rings. The van der Waals surface area contributed by atoms with Gasteiger partial charge in [-0.05, 0) is 61.4 Å². The lowest BCUT2D eigenvalue weighted by Gasteiger charge is -2.30. The maximum Gasteiger partial charge on any atom is 0.414 e. The Morgan fingerprint density at radius 3 is 1.18 bits per heavy atom. The molecule has 22 nitrogen and oxygen atoms in total. The molecule has 4 unspecified atom stereocenters. The molecule has 394 valence electrons. The van der Waals surface area contributed by atoms with Crippen LogP contribution in [0.2, 0.25) is 20.1 Å². The van der Waals surface area contributed by atoms with Gasteiger partial charge in [0.05, 0.1) is 49.0 Å². The van der Waals surface area contributed by atoms with Gasteiger partial charge in [-0.3, -0.25) is 0 Å². The number of hydrogen-bond donors (Lipinski definition) is 6. The zero-order chi connectivity index (χ0) is 54.6. The third-order valence-electron chi connectivity index (χ3n) is 9.89. The summed E-state index contributed by atoms with van der Waals surface area (Å²) < 4.78 is 40.8. The molecule has 2 aromatic heterocycles. The molecule has 0 radical (unpaired) electrons. The van der Waals surface area contributed by atoms with E-state index >= 15 is 0 Å². The van der Waals surface area contributed by atoms with Crippen LogP contribution in [-0.4, -0.2) is 124 Å². The first kappa shape index (κ1) is 59.3. The quantitative estimate of drug-likeness (QED) is 0.0662. The molecule has 2 aliphatic heterocycles. The summed E-state index contributed by atoms with van der Waals surface area (Å²) >= 11 is 25.1. The monoisotopic (exact) mass is 1110 g/mol. The summed E-state index contributed by atoms with van der Waals surface area (Å²) in [4.78, 5) is 62.8. The normalized spacial score (nSPS) is 18.2. The summed E-state index contributed by atoms with van der Waals surface area (Å²) in [5, 5.41) is 46.5. The Balaban J connectivity index is 0.000000242. The van der Waals surface area contributed by atoms with E-state index < -0.39 is 47.4 Å². The van der Waals surface area contributed by atoms with E-state index in [1.807, 2.05) is 96.0 Å². The lowest BCUT2D eigenvalue weighted by molar-refractivity contribution is -0.189. The highest BCUT2D eigenvalue weighted by Gasteiger charge is 2.46. The second-order valence-corrected chi connectivity index (χ2v) is 17.0. The summed E-state index contributed by atoms with van der Waals surface area (Å²) in [6, 6.07) is 26.4. The molecule has 6 N–H and O–H groups in total. The van der Waals surface area contributed by atoms with Crippen molar-refractivity contribution in [2.75, 3.05) is 26.4 Å². The third kappa shape index (κ3) is 18.0. The molecule has 4 aromatic carbocycles. The van der Waals surface area contributed by atoms with Gasteiger partial charge < -0.3 is 68.2 Å². The van der Waals surface area contributed by atoms with Gasteiger partial charge in [0, 0.05) is 46.0 Å². The molecule has 6 aromatic rings. The predicted octanol–water partition coefficient (Wildman–Crippen LogP) is 7.16. The number of halogens is 4. The molecule has 0 aliphatic carbocycles. The molecule has 26 heteroatoms. The fraction of sp³-hybridized carbons (Fsp3) is 0.250. The van der Waals surface area contributed by atoms with Gasteiger partial charge in [-0.25, -0.2) is 38.7 Å². The van der Waals surface area contributed by atoms with Crippen molar-refractivity contribution in [1.29, 1.82) is 0 Å². The van der Waals surface area contributed by atoms with Gasteiger partial charge in [0.2, 0.25) is 11.6 Å². The van der Waals surface area contributed by atoms with Crippen LogP contribution in [-0.2, 0) is 72.4 Å². The molecule has 0 bridgehead atoms. The minimum absolute atomic E-state index is 0.241. The molecule has 2 saturated heterocycles. The predicted molar refractivity (Wildman–Crippen MR) is 262 cm³/mol. The van der Waals surface area contributed by atoms with Crippen molar-refractivity contribution in [3.8, 4) is 11.5 Å². The first-order valence-corrected chi connectivity index (χ1v) is 22.8. The van der Waals surface area contributed by atoms with Gasteiger partial charge in [0.15, 0.2) is 0 Å². The van der Waals surface area contributed by atoms with Gasteiger partial charge in [-0.1, -0.05) is 94.9 Å². The zero-order valence-electron chi connectivity index (χ0n) is 38.8. The number of nitrogens with zero attached hydrogens (tertiary/aromatic N) is 4. The Morgan fingerprint density at radius 2 is 0.892 bits per heavy atom. The minimum Gasteiger partial charge on any atom is -0.491 e. The van der Waals surface area contributed by atoms with Crippen molar-refractivity contribution in [2.24, 2.45) is 0 Å². The third-order valence-corrected chi connectivity index (χ3v) is 11.0. The summed E-state index contributed by atoms with van der Waals surface area (Å²) in [6.07, 6.45) is 10.1. The number of hydrogen-bond acceptors (Lipinski definition) is 14. The van der Waals surface area contributed by atoms with E-state index in [1.165, 1.54) is 0 Å². The summed E-state index contributed by atoms with van der Waals surface area (Å²) in [7, 11) is 0. The molecular formula is C48H46Cl4N4O18. The summed E-state index contributed by atoms with van der Waals surface area (Å²) in [5.41, 5.74) is 3.61. The van der Waals surface area contributed by atoms with Crippen LogP contribution in [0, 0.1) is 13.8 Å². The van der Waals surface area contributed by atoms with E-state index in [1.54, 1.807) is 49.3 Å². The second kappa shape index (κ2) is 28.2. The van der Waals surface area contributed by atoms with E-state index in [2.05, 4.69) is 9.97 Å². The van der Waals surface area contributed by atoms with Crippen molar-refractivity contribution in [3.05, 3.63) is 165 Å². The number of carboxylic acids is 6. The van der Waals surface area contributed by atoms with Crippen LogP contribution in [0.5, 0.6) is 11.5 Å². The SMILES string of the molecule is Cc1ccccc1OCC1COC(Cn2ccnc2)(c2ccc(Cl)cc2Cl)O1.Cc1ccccc1OCC1COC(Cn2ccnc2)(c2ccc(Cl)cc2Cl)O1.O=C(O)C(=O)O.O=C(O)C(=O)O.O=C(O)C(=O)O. The van der Waals surface area contributed by atoms with Gasteiger partial charge >= 0.3 is 35.8 Å². The smallest absolute Gasteiger partial charge is 0.414 e. The van der Waals surface area contributed by atoms with E-state index in [-0.39, 0.29) is 12.2 Å². The average molecular weight is 1110 g/mol. The fourth-order valence-electron chi connectivity index (χ4n) is 6.55. The second-order valence-electron chi connectivity index (χ2n) is 15.3. The molecular weight excluding hydrogens is 1060 g/mol. The van der Waals surface area contributed by atoms with E-state index in [0.717, 1.165) is 33.8 Å². The Morgan fingerprint density at radius 1 is 0.554 bits per heavy atom. The average Bonchev–Trinajstić information content (AvgIpc) is 4.20. The molecule has 0 amide bonds. The van der Waals surface area contributed by atoms with Crippen LogP contribution in [0.4, 0.5) is 0 Å². The first-order chi connectivity index (χ1) is 35.0. The number of carboxylic acid groups (broad SMARTS) is 6. The van der Waals surface area contributed by atoms with Crippen molar-refractivity contribution < 1.29 is 87.8 Å². The molecule has 74 heavy (non-hydrogen) atoms. The molecule has 4 heterocycles. The Labute approximate surface area is 440 Å². The highest BCUT2D eigenvalue weighted by atomic mass is 35.5. The van der Waals surface area contributed by atoms with Crippen LogP contribution in [0.3, 0.4) is 0 Å². The van der Waals surface area contributed by atoms with Crippen LogP contribution < -0.4 is 9.47 Å². The molecule has 0 spiro atoms. The Hall–Kier alpha value is -7.28. The van der Waals surface area contributed by atoms with E-state index in [4.69, 9.17) is 134 Å². The highest BCUT2D eigenvalue weighted by Crippen LogP contribution is 2.42. The lowest BCUT2D eigenvalue weighted by atomic mass is 10.1. The maximum absolute atomic E-state index is 9.10. The Kier molecular flexibility index (Phi) is 22.6. The fourth-order valence-corrected chi connectivity index (χ4v) is 7.66. The van der Waals surface area contributed by atoms with E-state index in [9.17, 15) is 0 Å². The number of benzene rings is 4. The number of rotatable bonds is 12. The largest absolute Gasteiger partial charge is 0.491 e. The van der Waals surface area contributed by atoms with Gasteiger partial charge in [0.1, 0.15) is 36.9 Å². The van der Waals surface area contributed by atoms with Crippen molar-refractivity contribution in [2.45, 2.75) is 50.7 Å². The van der Waals surface area contributed by atoms with Gasteiger partial charge in [-0.2, -0.15) is 0 Å². The lowest BCUT2D eigenvalue weighted by Crippen LogP contribution is -2.34. The Bertz CT molecular complexity index is 2610. The number of imidazole rings is 2. The molecule has 8 rings (SSSR count). The van der Waals surface area contributed by atoms with Crippen LogP contribution >= 0.6 is 46.4 Å². The number of aryl methyl sites for hydroxylation is 2. The summed E-state index contributed by atoms with van der Waals surface area (Å²) in [6.45, 7) is 6.38. The van der Waals surface area contributed by atoms with E-state index in [0.29, 0.717) is 59.6 Å². The van der Waals surface area contributed by atoms with Crippen LogP contribution in [0.1, 0.15) is 22.3 Å². The highest BCUT2D eigenvalue weighted by molar-refractivity contribution is 6.35.